The Morgan fingerprint density at radius 2 is 1.94 bits per heavy atom. The number of ether oxygens (including phenoxy) is 3. The Bertz CT molecular complexity index is 1110. The first-order valence-electron chi connectivity index (χ1n) is 9.58. The summed E-state index contributed by atoms with van der Waals surface area (Å²) in [6, 6.07) is 12.3. The number of hydrazone groups is 1. The van der Waals surface area contributed by atoms with E-state index in [0.29, 0.717) is 30.3 Å². The van der Waals surface area contributed by atoms with Crippen molar-refractivity contribution in [3.63, 3.8) is 0 Å². The highest BCUT2D eigenvalue weighted by atomic mass is 127. The standard InChI is InChI=1S/C22H21IN2O6/c1-3-28-16-6-8-18-15(10-16)11-20(31-18)22(27)25-24-12-14-5-7-19(17(23)9-14)30-13-21(26)29-4-2/h5-12H,3-4,13H2,1-2H3,(H,25,27)/b24-12+. The predicted octanol–water partition coefficient (Wildman–Crippen LogP) is 4.14. The first-order chi connectivity index (χ1) is 15.0. The van der Waals surface area contributed by atoms with Crippen molar-refractivity contribution in [2.24, 2.45) is 5.10 Å². The minimum atomic E-state index is -0.463. The third kappa shape index (κ3) is 6.20. The average molecular weight is 536 g/mol. The molecule has 0 aliphatic rings. The number of nitrogens with one attached hydrogen (secondary N) is 1. The molecule has 0 bridgehead atoms. The van der Waals surface area contributed by atoms with E-state index in [1.165, 1.54) is 6.21 Å². The van der Waals surface area contributed by atoms with E-state index >= 15 is 0 Å². The zero-order valence-corrected chi connectivity index (χ0v) is 19.2. The number of hydrogen-bond donors (Lipinski definition) is 1. The highest BCUT2D eigenvalue weighted by Crippen LogP contribution is 2.24. The Morgan fingerprint density at radius 3 is 2.68 bits per heavy atom. The molecule has 0 aliphatic carbocycles. The van der Waals surface area contributed by atoms with Gasteiger partial charge in [0.2, 0.25) is 0 Å². The van der Waals surface area contributed by atoms with Gasteiger partial charge in [0.05, 0.1) is 23.0 Å². The largest absolute Gasteiger partial charge is 0.494 e. The fourth-order valence-electron chi connectivity index (χ4n) is 2.66. The lowest BCUT2D eigenvalue weighted by molar-refractivity contribution is -0.145. The van der Waals surface area contributed by atoms with Crippen LogP contribution in [0, 0.1) is 3.57 Å². The van der Waals surface area contributed by atoms with Gasteiger partial charge >= 0.3 is 11.9 Å². The molecule has 31 heavy (non-hydrogen) atoms. The molecule has 162 valence electrons. The first-order valence-corrected chi connectivity index (χ1v) is 10.7. The van der Waals surface area contributed by atoms with E-state index in [1.54, 1.807) is 37.3 Å². The molecule has 0 saturated carbocycles. The highest BCUT2D eigenvalue weighted by molar-refractivity contribution is 14.1. The second-order valence-corrected chi connectivity index (χ2v) is 7.39. The van der Waals surface area contributed by atoms with Crippen molar-refractivity contribution in [2.75, 3.05) is 19.8 Å². The third-order valence-electron chi connectivity index (χ3n) is 4.01. The number of carbonyl (C=O) groups is 2. The molecule has 8 nitrogen and oxygen atoms in total. The van der Waals surface area contributed by atoms with Gasteiger partial charge < -0.3 is 18.6 Å². The van der Waals surface area contributed by atoms with Gasteiger partial charge in [-0.25, -0.2) is 10.2 Å². The number of nitrogens with zero attached hydrogens (tertiary/aromatic N) is 1. The summed E-state index contributed by atoms with van der Waals surface area (Å²) in [6.45, 7) is 4.35. The maximum Gasteiger partial charge on any atom is 0.344 e. The van der Waals surface area contributed by atoms with Crippen molar-refractivity contribution in [1.29, 1.82) is 0 Å². The lowest BCUT2D eigenvalue weighted by Crippen LogP contribution is -2.16. The molecule has 1 N–H and O–H groups in total. The molecule has 2 aromatic carbocycles. The number of amides is 1. The summed E-state index contributed by atoms with van der Waals surface area (Å²) in [5.41, 5.74) is 3.78. The van der Waals surface area contributed by atoms with E-state index in [2.05, 4.69) is 33.1 Å². The van der Waals surface area contributed by atoms with E-state index < -0.39 is 11.9 Å². The molecule has 1 amide bonds. The fraction of sp³-hybridized carbons (Fsp3) is 0.227. The topological polar surface area (TPSA) is 99.4 Å². The van der Waals surface area contributed by atoms with Gasteiger partial charge in [0.25, 0.3) is 0 Å². The number of halogens is 1. The van der Waals surface area contributed by atoms with E-state index in [0.717, 1.165) is 14.5 Å². The molecular formula is C22H21IN2O6. The Kier molecular flexibility index (Phi) is 7.88. The summed E-state index contributed by atoms with van der Waals surface area (Å²) < 4.78 is 22.1. The van der Waals surface area contributed by atoms with Crippen LogP contribution in [0.1, 0.15) is 30.0 Å². The van der Waals surface area contributed by atoms with Crippen LogP contribution in [0.2, 0.25) is 0 Å². The van der Waals surface area contributed by atoms with Crippen molar-refractivity contribution >= 4 is 51.7 Å². The molecule has 0 radical (unpaired) electrons. The van der Waals surface area contributed by atoms with Crippen LogP contribution in [0.5, 0.6) is 11.5 Å². The SMILES string of the molecule is CCOC(=O)COc1ccc(/C=N/NC(=O)c2cc3cc(OCC)ccc3o2)cc1I. The van der Waals surface area contributed by atoms with E-state index in [1.807, 2.05) is 19.1 Å². The van der Waals surface area contributed by atoms with Crippen LogP contribution in [0.3, 0.4) is 0 Å². The molecule has 0 saturated heterocycles. The number of fused-ring (bicyclic) bond motifs is 1. The molecule has 3 aromatic rings. The zero-order chi connectivity index (χ0) is 22.2. The summed E-state index contributed by atoms with van der Waals surface area (Å²) >= 11 is 2.09. The maximum absolute atomic E-state index is 12.3. The van der Waals surface area contributed by atoms with Crippen LogP contribution >= 0.6 is 22.6 Å². The minimum absolute atomic E-state index is 0.151. The molecular weight excluding hydrogens is 515 g/mol. The smallest absolute Gasteiger partial charge is 0.344 e. The van der Waals surface area contributed by atoms with Gasteiger partial charge in [-0.2, -0.15) is 5.10 Å². The van der Waals surface area contributed by atoms with Crippen molar-refractivity contribution in [3.8, 4) is 11.5 Å². The molecule has 9 heteroatoms. The minimum Gasteiger partial charge on any atom is -0.494 e. The number of furan rings is 1. The van der Waals surface area contributed by atoms with Crippen LogP contribution in [-0.4, -0.2) is 37.9 Å². The van der Waals surface area contributed by atoms with Crippen LogP contribution in [0.15, 0.2) is 52.0 Å². The Morgan fingerprint density at radius 1 is 1.10 bits per heavy atom. The molecule has 0 atom stereocenters. The first kappa shape index (κ1) is 22.6. The number of rotatable bonds is 9. The average Bonchev–Trinajstić information content (AvgIpc) is 3.17. The monoisotopic (exact) mass is 536 g/mol. The Hall–Kier alpha value is -3.08. The van der Waals surface area contributed by atoms with E-state index in [4.69, 9.17) is 18.6 Å². The molecule has 0 spiro atoms. The van der Waals surface area contributed by atoms with Crippen LogP contribution in [0.4, 0.5) is 0 Å². The summed E-state index contributed by atoms with van der Waals surface area (Å²) in [6.07, 6.45) is 1.50. The highest BCUT2D eigenvalue weighted by Gasteiger charge is 2.12. The van der Waals surface area contributed by atoms with Crippen molar-refractivity contribution < 1.29 is 28.2 Å². The maximum atomic E-state index is 12.3. The summed E-state index contributed by atoms with van der Waals surface area (Å²) in [5, 5.41) is 4.75. The fourth-order valence-corrected chi connectivity index (χ4v) is 3.36. The van der Waals surface area contributed by atoms with Crippen molar-refractivity contribution in [2.45, 2.75) is 13.8 Å². The van der Waals surface area contributed by atoms with Gasteiger partial charge in [-0.3, -0.25) is 4.79 Å². The molecule has 0 unspecified atom stereocenters. The molecule has 1 aromatic heterocycles. The summed E-state index contributed by atoms with van der Waals surface area (Å²) in [5.74, 6) is 0.535. The predicted molar refractivity (Wildman–Crippen MR) is 124 cm³/mol. The van der Waals surface area contributed by atoms with Crippen LogP contribution in [0.25, 0.3) is 11.0 Å². The van der Waals surface area contributed by atoms with Crippen molar-refractivity contribution in [3.05, 3.63) is 57.4 Å². The van der Waals surface area contributed by atoms with Crippen LogP contribution in [-0.2, 0) is 9.53 Å². The number of hydrogen-bond acceptors (Lipinski definition) is 7. The van der Waals surface area contributed by atoms with Gasteiger partial charge in [-0.15, -0.1) is 0 Å². The molecule has 0 aliphatic heterocycles. The van der Waals surface area contributed by atoms with Gasteiger partial charge in [-0.05, 0) is 84.5 Å². The normalized spacial score (nSPS) is 10.9. The van der Waals surface area contributed by atoms with E-state index in [-0.39, 0.29) is 12.4 Å². The number of carbonyl (C=O) groups excluding carboxylic acids is 2. The van der Waals surface area contributed by atoms with Crippen LogP contribution < -0.4 is 14.9 Å². The zero-order valence-electron chi connectivity index (χ0n) is 17.0. The van der Waals surface area contributed by atoms with E-state index in [9.17, 15) is 9.59 Å². The van der Waals surface area contributed by atoms with Gasteiger partial charge in [0.1, 0.15) is 17.1 Å². The number of esters is 1. The van der Waals surface area contributed by atoms with Gasteiger partial charge in [0, 0.05) is 5.39 Å². The molecule has 3 rings (SSSR count). The van der Waals surface area contributed by atoms with Gasteiger partial charge in [0.15, 0.2) is 12.4 Å². The lowest BCUT2D eigenvalue weighted by Gasteiger charge is -2.08. The number of benzene rings is 2. The van der Waals surface area contributed by atoms with Gasteiger partial charge in [-0.1, -0.05) is 0 Å². The lowest BCUT2D eigenvalue weighted by atomic mass is 10.2. The second kappa shape index (κ2) is 10.8. The third-order valence-corrected chi connectivity index (χ3v) is 4.85. The second-order valence-electron chi connectivity index (χ2n) is 6.23. The molecule has 0 fully saturated rings. The summed E-state index contributed by atoms with van der Waals surface area (Å²) in [4.78, 5) is 23.7. The molecule has 1 heterocycles. The quantitative estimate of drug-likeness (QED) is 0.191. The summed E-state index contributed by atoms with van der Waals surface area (Å²) in [7, 11) is 0. The Balaban J connectivity index is 1.59. The Labute approximate surface area is 192 Å². The van der Waals surface area contributed by atoms with Crippen molar-refractivity contribution in [1.82, 2.24) is 5.43 Å².